The minimum atomic E-state index is -0.174. The molecule has 2 nitrogen and oxygen atoms in total. The lowest BCUT2D eigenvalue weighted by Gasteiger charge is -2.55. The number of esters is 1. The Bertz CT molecular complexity index is 463. The molecule has 0 bridgehead atoms. The number of ether oxygens (including phenoxy) is 1. The summed E-state index contributed by atoms with van der Waals surface area (Å²) in [6, 6.07) is 0. The van der Waals surface area contributed by atoms with Crippen LogP contribution < -0.4 is 0 Å². The minimum Gasteiger partial charge on any atom is -0.465 e. The molecule has 2 heteroatoms. The van der Waals surface area contributed by atoms with Crippen molar-refractivity contribution in [1.29, 1.82) is 0 Å². The summed E-state index contributed by atoms with van der Waals surface area (Å²) in [4.78, 5) is 13.5. The van der Waals surface area contributed by atoms with E-state index in [1.807, 2.05) is 0 Å². The van der Waals surface area contributed by atoms with Crippen molar-refractivity contribution in [2.45, 2.75) is 129 Å². The molecule has 28 heavy (non-hydrogen) atoms. The summed E-state index contributed by atoms with van der Waals surface area (Å²) in [5.74, 6) is 2.10. The molecule has 3 fully saturated rings. The van der Waals surface area contributed by atoms with Crippen molar-refractivity contribution < 1.29 is 9.53 Å². The van der Waals surface area contributed by atoms with E-state index in [0.717, 1.165) is 37.5 Å². The second kappa shape index (κ2) is 10.5. The molecular formula is C26H46O2. The van der Waals surface area contributed by atoms with Crippen LogP contribution in [0.2, 0.25) is 0 Å². The van der Waals surface area contributed by atoms with Gasteiger partial charge in [0.1, 0.15) is 0 Å². The van der Waals surface area contributed by atoms with Crippen molar-refractivity contribution in [3.05, 3.63) is 0 Å². The standard InChI is InChI=1S/C26H46O2/c1-3-5-21-28-24(27)26(17-10-7-11-18-26)25(16-4-2)19-14-23(15-20-25)22-12-8-6-9-13-22/h22-23H,3-21H2,1-2H3. The van der Waals surface area contributed by atoms with E-state index in [4.69, 9.17) is 4.74 Å². The first-order valence-electron chi connectivity index (χ1n) is 12.8. The molecule has 0 aliphatic heterocycles. The largest absolute Gasteiger partial charge is 0.465 e. The first-order valence-corrected chi connectivity index (χ1v) is 12.8. The van der Waals surface area contributed by atoms with E-state index >= 15 is 0 Å². The lowest BCUT2D eigenvalue weighted by molar-refractivity contribution is -0.175. The normalized spacial score (nSPS) is 31.4. The molecule has 3 saturated carbocycles. The van der Waals surface area contributed by atoms with Crippen LogP contribution in [0.4, 0.5) is 0 Å². The SMILES string of the molecule is CCCCOC(=O)C1(C2(CCC)CCC(C3CCCCC3)CC2)CCCCC1. The average Bonchev–Trinajstić information content (AvgIpc) is 2.75. The van der Waals surface area contributed by atoms with Crippen molar-refractivity contribution in [3.8, 4) is 0 Å². The van der Waals surface area contributed by atoms with E-state index in [2.05, 4.69) is 13.8 Å². The van der Waals surface area contributed by atoms with Crippen LogP contribution >= 0.6 is 0 Å². The summed E-state index contributed by atoms with van der Waals surface area (Å²) >= 11 is 0. The molecule has 3 rings (SSSR count). The van der Waals surface area contributed by atoms with E-state index in [-0.39, 0.29) is 16.8 Å². The quantitative estimate of drug-likeness (QED) is 0.312. The maximum absolute atomic E-state index is 13.5. The third-order valence-corrected chi connectivity index (χ3v) is 8.88. The molecule has 0 heterocycles. The minimum absolute atomic E-state index is 0.174. The van der Waals surface area contributed by atoms with Gasteiger partial charge in [-0.25, -0.2) is 0 Å². The molecule has 0 N–H and O–H groups in total. The van der Waals surface area contributed by atoms with Crippen LogP contribution in [0.15, 0.2) is 0 Å². The molecule has 0 spiro atoms. The highest BCUT2D eigenvalue weighted by molar-refractivity contribution is 5.78. The van der Waals surface area contributed by atoms with Gasteiger partial charge in [-0.2, -0.15) is 0 Å². The van der Waals surface area contributed by atoms with Gasteiger partial charge in [0, 0.05) is 0 Å². The second-order valence-corrected chi connectivity index (χ2v) is 10.4. The maximum Gasteiger partial charge on any atom is 0.312 e. The van der Waals surface area contributed by atoms with Gasteiger partial charge in [0.05, 0.1) is 12.0 Å². The molecule has 0 saturated heterocycles. The monoisotopic (exact) mass is 390 g/mol. The molecular weight excluding hydrogens is 344 g/mol. The predicted octanol–water partition coefficient (Wildman–Crippen LogP) is 7.84. The molecule has 0 amide bonds. The van der Waals surface area contributed by atoms with Crippen LogP contribution in [-0.4, -0.2) is 12.6 Å². The van der Waals surface area contributed by atoms with Gasteiger partial charge in [0.25, 0.3) is 0 Å². The van der Waals surface area contributed by atoms with Gasteiger partial charge < -0.3 is 4.74 Å². The lowest BCUT2D eigenvalue weighted by atomic mass is 9.49. The Labute approximate surface area is 174 Å². The van der Waals surface area contributed by atoms with Crippen molar-refractivity contribution in [3.63, 3.8) is 0 Å². The number of hydrogen-bond donors (Lipinski definition) is 0. The Morgan fingerprint density at radius 3 is 2.00 bits per heavy atom. The third kappa shape index (κ3) is 4.62. The zero-order valence-corrected chi connectivity index (χ0v) is 18.9. The predicted molar refractivity (Wildman–Crippen MR) is 117 cm³/mol. The zero-order chi connectivity index (χ0) is 19.9. The van der Waals surface area contributed by atoms with Crippen LogP contribution in [-0.2, 0) is 9.53 Å². The van der Waals surface area contributed by atoms with Crippen molar-refractivity contribution in [2.75, 3.05) is 6.61 Å². The fourth-order valence-electron chi connectivity index (χ4n) is 7.27. The molecule has 0 unspecified atom stereocenters. The lowest BCUT2D eigenvalue weighted by Crippen LogP contribution is -2.52. The van der Waals surface area contributed by atoms with Gasteiger partial charge in [-0.1, -0.05) is 78.1 Å². The van der Waals surface area contributed by atoms with E-state index in [1.165, 1.54) is 89.9 Å². The van der Waals surface area contributed by atoms with Gasteiger partial charge >= 0.3 is 5.97 Å². The fourth-order valence-corrected chi connectivity index (χ4v) is 7.27. The molecule has 3 aliphatic carbocycles. The summed E-state index contributed by atoms with van der Waals surface area (Å²) < 4.78 is 5.95. The zero-order valence-electron chi connectivity index (χ0n) is 18.9. The smallest absolute Gasteiger partial charge is 0.312 e. The molecule has 0 aromatic carbocycles. The maximum atomic E-state index is 13.5. The first-order chi connectivity index (χ1) is 13.7. The molecule has 0 atom stereocenters. The van der Waals surface area contributed by atoms with E-state index in [0.29, 0.717) is 6.61 Å². The van der Waals surface area contributed by atoms with Gasteiger partial charge in [-0.05, 0) is 68.6 Å². The van der Waals surface area contributed by atoms with Crippen molar-refractivity contribution >= 4 is 5.97 Å². The average molecular weight is 391 g/mol. The number of hydrogen-bond acceptors (Lipinski definition) is 2. The summed E-state index contributed by atoms with van der Waals surface area (Å²) in [6.45, 7) is 5.13. The molecule has 0 aromatic heterocycles. The number of rotatable bonds is 8. The van der Waals surface area contributed by atoms with Crippen LogP contribution in [0, 0.1) is 22.7 Å². The van der Waals surface area contributed by atoms with E-state index < -0.39 is 0 Å². The molecule has 3 aliphatic rings. The van der Waals surface area contributed by atoms with Gasteiger partial charge in [0.2, 0.25) is 0 Å². The van der Waals surface area contributed by atoms with Crippen LogP contribution in [0.5, 0.6) is 0 Å². The molecule has 0 radical (unpaired) electrons. The first kappa shape index (κ1) is 22.2. The Balaban J connectivity index is 1.75. The molecule has 0 aromatic rings. The highest BCUT2D eigenvalue weighted by Crippen LogP contribution is 2.61. The third-order valence-electron chi connectivity index (χ3n) is 8.88. The van der Waals surface area contributed by atoms with Gasteiger partial charge in [-0.3, -0.25) is 4.79 Å². The number of unbranched alkanes of at least 4 members (excludes halogenated alkanes) is 1. The highest BCUT2D eigenvalue weighted by Gasteiger charge is 2.57. The Hall–Kier alpha value is -0.530. The molecule has 162 valence electrons. The number of carbonyl (C=O) groups is 1. The summed E-state index contributed by atoms with van der Waals surface area (Å²) in [7, 11) is 0. The summed E-state index contributed by atoms with van der Waals surface area (Å²) in [6.07, 6.45) is 23.1. The highest BCUT2D eigenvalue weighted by atomic mass is 16.5. The van der Waals surface area contributed by atoms with E-state index in [9.17, 15) is 4.79 Å². The van der Waals surface area contributed by atoms with Crippen LogP contribution in [0.1, 0.15) is 129 Å². The Kier molecular flexibility index (Phi) is 8.30. The topological polar surface area (TPSA) is 26.3 Å². The summed E-state index contributed by atoms with van der Waals surface area (Å²) in [5, 5.41) is 0. The Morgan fingerprint density at radius 2 is 1.39 bits per heavy atom. The van der Waals surface area contributed by atoms with Crippen molar-refractivity contribution in [1.82, 2.24) is 0 Å². The fraction of sp³-hybridized carbons (Fsp3) is 0.962. The number of carbonyl (C=O) groups excluding carboxylic acids is 1. The van der Waals surface area contributed by atoms with Crippen LogP contribution in [0.25, 0.3) is 0 Å². The van der Waals surface area contributed by atoms with E-state index in [1.54, 1.807) is 0 Å². The van der Waals surface area contributed by atoms with Gasteiger partial charge in [-0.15, -0.1) is 0 Å². The summed E-state index contributed by atoms with van der Waals surface area (Å²) in [5.41, 5.74) is 0.0448. The van der Waals surface area contributed by atoms with Crippen molar-refractivity contribution in [2.24, 2.45) is 22.7 Å². The second-order valence-electron chi connectivity index (χ2n) is 10.4. The van der Waals surface area contributed by atoms with Gasteiger partial charge in [0.15, 0.2) is 0 Å². The Morgan fingerprint density at radius 1 is 0.786 bits per heavy atom. The van der Waals surface area contributed by atoms with Crippen LogP contribution in [0.3, 0.4) is 0 Å².